The first kappa shape index (κ1) is 25.9. The average Bonchev–Trinajstić information content (AvgIpc) is 3.12. The maximum absolute atomic E-state index is 6.80. The summed E-state index contributed by atoms with van der Waals surface area (Å²) in [5, 5.41) is 3.56. The van der Waals surface area contributed by atoms with Crippen LogP contribution in [0.25, 0.3) is 44.5 Å². The molecule has 3 nitrogen and oxygen atoms in total. The van der Waals surface area contributed by atoms with Gasteiger partial charge in [0.1, 0.15) is 23.0 Å². The number of aromatic nitrogens is 1. The highest BCUT2D eigenvalue weighted by Crippen LogP contribution is 2.54. The molecule has 0 saturated carbocycles. The first-order chi connectivity index (χ1) is 22.3. The SMILES string of the molecule is c1ccc(-c2ccc3c(c2)Oc2cc(-c4cccc(-c5ccncc5)c4)cc4c2P3c2ccc(-c3ccccc3)cc2O4)cc1. The fourth-order valence-electron chi connectivity index (χ4n) is 6.34. The van der Waals surface area contributed by atoms with Crippen LogP contribution in [0.1, 0.15) is 0 Å². The van der Waals surface area contributed by atoms with Gasteiger partial charge in [0, 0.05) is 30.9 Å². The van der Waals surface area contributed by atoms with Gasteiger partial charge in [0.25, 0.3) is 0 Å². The smallest absolute Gasteiger partial charge is 0.140 e. The maximum Gasteiger partial charge on any atom is 0.140 e. The van der Waals surface area contributed by atoms with Crippen molar-refractivity contribution in [1.29, 1.82) is 0 Å². The molecule has 0 unspecified atom stereocenters. The Bertz CT molecular complexity index is 2100. The molecule has 1 aromatic heterocycles. The molecule has 2 aliphatic rings. The molecule has 0 spiro atoms. The molecule has 0 atom stereocenters. The molecule has 7 aromatic rings. The summed E-state index contributed by atoms with van der Waals surface area (Å²) in [7, 11) is -0.894. The first-order valence-electron chi connectivity index (χ1n) is 15.0. The van der Waals surface area contributed by atoms with E-state index in [1.807, 2.05) is 36.7 Å². The number of hydrogen-bond donors (Lipinski definition) is 0. The lowest BCUT2D eigenvalue weighted by molar-refractivity contribution is 0.467. The highest BCUT2D eigenvalue weighted by atomic mass is 31.1. The van der Waals surface area contributed by atoms with Crippen LogP contribution >= 0.6 is 7.92 Å². The summed E-state index contributed by atoms with van der Waals surface area (Å²) >= 11 is 0. The van der Waals surface area contributed by atoms with E-state index in [0.717, 1.165) is 61.7 Å². The van der Waals surface area contributed by atoms with Gasteiger partial charge in [-0.15, -0.1) is 0 Å². The van der Waals surface area contributed by atoms with Gasteiger partial charge in [-0.1, -0.05) is 91.0 Å². The van der Waals surface area contributed by atoms with E-state index in [4.69, 9.17) is 9.47 Å². The monoisotopic (exact) mass is 595 g/mol. The third-order valence-corrected chi connectivity index (χ3v) is 11.1. The molecule has 45 heavy (non-hydrogen) atoms. The largest absolute Gasteiger partial charge is 0.456 e. The van der Waals surface area contributed by atoms with Crippen molar-refractivity contribution in [2.75, 3.05) is 0 Å². The molecule has 0 saturated heterocycles. The molecular formula is C41H26NO2P. The van der Waals surface area contributed by atoms with E-state index in [9.17, 15) is 0 Å². The summed E-state index contributed by atoms with van der Waals surface area (Å²) in [6.45, 7) is 0. The molecule has 0 bridgehead atoms. The zero-order chi connectivity index (χ0) is 29.7. The molecule has 2 aliphatic heterocycles. The van der Waals surface area contributed by atoms with Gasteiger partial charge in [-0.05, 0) is 99.1 Å². The van der Waals surface area contributed by atoms with Crippen LogP contribution in [0.2, 0.25) is 0 Å². The third-order valence-electron chi connectivity index (χ3n) is 8.53. The van der Waals surface area contributed by atoms with Crippen LogP contribution in [0.5, 0.6) is 23.0 Å². The number of ether oxygens (including phenoxy) is 2. The fourth-order valence-corrected chi connectivity index (χ4v) is 8.85. The Morgan fingerprint density at radius 3 is 1.36 bits per heavy atom. The Hall–Kier alpha value is -5.50. The molecular weight excluding hydrogens is 569 g/mol. The molecule has 0 amide bonds. The second kappa shape index (κ2) is 10.6. The summed E-state index contributed by atoms with van der Waals surface area (Å²) < 4.78 is 13.6. The van der Waals surface area contributed by atoms with Crippen molar-refractivity contribution >= 4 is 23.8 Å². The fraction of sp³-hybridized carbons (Fsp3) is 0. The van der Waals surface area contributed by atoms with Crippen molar-refractivity contribution in [1.82, 2.24) is 4.98 Å². The normalized spacial score (nSPS) is 12.7. The molecule has 212 valence electrons. The van der Waals surface area contributed by atoms with Gasteiger partial charge < -0.3 is 9.47 Å². The Balaban J connectivity index is 1.22. The first-order valence-corrected chi connectivity index (χ1v) is 16.4. The van der Waals surface area contributed by atoms with Crippen LogP contribution in [0, 0.1) is 0 Å². The lowest BCUT2D eigenvalue weighted by atomic mass is 9.99. The highest BCUT2D eigenvalue weighted by Gasteiger charge is 2.37. The minimum Gasteiger partial charge on any atom is -0.456 e. The van der Waals surface area contributed by atoms with Gasteiger partial charge in [0.15, 0.2) is 0 Å². The van der Waals surface area contributed by atoms with E-state index in [1.165, 1.54) is 21.7 Å². The molecule has 6 aromatic carbocycles. The number of rotatable bonds is 4. The van der Waals surface area contributed by atoms with E-state index in [2.05, 4.69) is 126 Å². The number of pyridine rings is 1. The molecule has 0 radical (unpaired) electrons. The summed E-state index contributed by atoms with van der Waals surface area (Å²) in [6.07, 6.45) is 3.66. The van der Waals surface area contributed by atoms with Crippen molar-refractivity contribution in [3.8, 4) is 67.5 Å². The number of benzene rings is 6. The zero-order valence-electron chi connectivity index (χ0n) is 24.2. The van der Waals surface area contributed by atoms with Crippen LogP contribution in [0.3, 0.4) is 0 Å². The number of fused-ring (bicyclic) bond motifs is 4. The maximum atomic E-state index is 6.80. The number of nitrogens with zero attached hydrogens (tertiary/aromatic N) is 1. The summed E-state index contributed by atoms with van der Waals surface area (Å²) in [5.74, 6) is 3.53. The van der Waals surface area contributed by atoms with Gasteiger partial charge in [0.2, 0.25) is 0 Å². The van der Waals surface area contributed by atoms with E-state index in [0.29, 0.717) is 0 Å². The molecule has 0 N–H and O–H groups in total. The standard InChI is InChI=1S/C41H26NO2P/c1-3-8-27(9-4-1)32-14-16-39-35(23-32)43-37-25-34(31-13-7-12-30(22-31)29-18-20-42-21-19-29)26-38-41(37)45(39)40-17-15-33(24-36(40)44-38)28-10-5-2-6-11-28/h1-26H. The second-order valence-electron chi connectivity index (χ2n) is 11.3. The van der Waals surface area contributed by atoms with Crippen LogP contribution < -0.4 is 25.4 Å². The minimum absolute atomic E-state index is 0.860. The summed E-state index contributed by atoms with van der Waals surface area (Å²) in [6, 6.07) is 51.4. The van der Waals surface area contributed by atoms with E-state index in [1.54, 1.807) is 0 Å². The predicted octanol–water partition coefficient (Wildman–Crippen LogP) is 9.72. The van der Waals surface area contributed by atoms with E-state index in [-0.39, 0.29) is 0 Å². The Labute approximate surface area is 263 Å². The van der Waals surface area contributed by atoms with Gasteiger partial charge in [0.05, 0.1) is 5.30 Å². The van der Waals surface area contributed by atoms with Gasteiger partial charge in [-0.2, -0.15) is 0 Å². The second-order valence-corrected chi connectivity index (χ2v) is 13.4. The van der Waals surface area contributed by atoms with E-state index >= 15 is 0 Å². The van der Waals surface area contributed by atoms with Crippen molar-refractivity contribution < 1.29 is 9.47 Å². The summed E-state index contributed by atoms with van der Waals surface area (Å²) in [4.78, 5) is 4.19. The Kier molecular flexibility index (Phi) is 6.11. The van der Waals surface area contributed by atoms with Crippen molar-refractivity contribution in [2.45, 2.75) is 0 Å². The van der Waals surface area contributed by atoms with Crippen molar-refractivity contribution in [3.05, 3.63) is 158 Å². The quantitative estimate of drug-likeness (QED) is 0.190. The Morgan fingerprint density at radius 2 is 0.800 bits per heavy atom. The van der Waals surface area contributed by atoms with E-state index < -0.39 is 7.92 Å². The van der Waals surface area contributed by atoms with Gasteiger partial charge in [-0.25, -0.2) is 0 Å². The zero-order valence-corrected chi connectivity index (χ0v) is 25.1. The topological polar surface area (TPSA) is 31.4 Å². The molecule has 9 rings (SSSR count). The van der Waals surface area contributed by atoms with Crippen LogP contribution in [-0.4, -0.2) is 4.98 Å². The molecule has 4 heteroatoms. The van der Waals surface area contributed by atoms with Crippen molar-refractivity contribution in [2.24, 2.45) is 0 Å². The van der Waals surface area contributed by atoms with Gasteiger partial charge >= 0.3 is 0 Å². The lowest BCUT2D eigenvalue weighted by Gasteiger charge is -2.35. The van der Waals surface area contributed by atoms with Crippen LogP contribution in [0.4, 0.5) is 0 Å². The van der Waals surface area contributed by atoms with Crippen LogP contribution in [0.15, 0.2) is 158 Å². The summed E-state index contributed by atoms with van der Waals surface area (Å²) in [5.41, 5.74) is 9.05. The van der Waals surface area contributed by atoms with Crippen molar-refractivity contribution in [3.63, 3.8) is 0 Å². The Morgan fingerprint density at radius 1 is 0.356 bits per heavy atom. The number of hydrogen-bond acceptors (Lipinski definition) is 3. The average molecular weight is 596 g/mol. The minimum atomic E-state index is -0.894. The molecule has 0 aliphatic carbocycles. The highest BCUT2D eigenvalue weighted by molar-refractivity contribution is 7.80. The van der Waals surface area contributed by atoms with Gasteiger partial charge in [-0.3, -0.25) is 4.98 Å². The van der Waals surface area contributed by atoms with Crippen LogP contribution in [-0.2, 0) is 0 Å². The molecule has 3 heterocycles. The molecule has 0 fully saturated rings. The lowest BCUT2D eigenvalue weighted by Crippen LogP contribution is -2.32. The predicted molar refractivity (Wildman–Crippen MR) is 185 cm³/mol. The third kappa shape index (κ3) is 4.52.